The van der Waals surface area contributed by atoms with Gasteiger partial charge in [-0.15, -0.1) is 0 Å². The molecule has 1 N–H and O–H groups in total. The Morgan fingerprint density at radius 2 is 1.67 bits per heavy atom. The van der Waals surface area contributed by atoms with Crippen LogP contribution in [0.3, 0.4) is 0 Å². The van der Waals surface area contributed by atoms with E-state index in [4.69, 9.17) is 9.47 Å². The van der Waals surface area contributed by atoms with Gasteiger partial charge in [0.15, 0.2) is 11.5 Å². The number of benzene rings is 1. The minimum atomic E-state index is -0.550. The third kappa shape index (κ3) is 5.01. The maximum atomic E-state index is 10.7. The lowest BCUT2D eigenvalue weighted by Crippen LogP contribution is -1.96. The maximum absolute atomic E-state index is 10.7. The van der Waals surface area contributed by atoms with E-state index in [-0.39, 0.29) is 17.3 Å². The van der Waals surface area contributed by atoms with Crippen LogP contribution in [0, 0.1) is 20.2 Å². The van der Waals surface area contributed by atoms with Crippen molar-refractivity contribution in [2.45, 2.75) is 0 Å². The quantitative estimate of drug-likeness (QED) is 0.333. The highest BCUT2D eigenvalue weighted by molar-refractivity contribution is 5.81. The van der Waals surface area contributed by atoms with Crippen LogP contribution >= 0.6 is 0 Å². The number of ether oxygens (including phenoxy) is 2. The molecular weight excluding hydrogens is 396 g/mol. The highest BCUT2D eigenvalue weighted by atomic mass is 16.6. The number of hydrogen-bond acceptors (Lipinski definition) is 10. The second-order valence-electron chi connectivity index (χ2n) is 5.65. The molecule has 0 unspecified atom stereocenters. The minimum absolute atomic E-state index is 0.118. The Bertz CT molecular complexity index is 1090. The number of aromatic nitrogens is 2. The molecule has 0 aliphatic rings. The molecule has 0 spiro atoms. The molecule has 2 heterocycles. The fourth-order valence-electron chi connectivity index (χ4n) is 2.24. The Hall–Kier alpha value is -4.61. The predicted octanol–water partition coefficient (Wildman–Crippen LogP) is 3.54. The lowest BCUT2D eigenvalue weighted by atomic mass is 10.2. The van der Waals surface area contributed by atoms with Crippen molar-refractivity contribution in [3.63, 3.8) is 0 Å². The zero-order valence-corrected chi connectivity index (χ0v) is 15.5. The Morgan fingerprint density at radius 3 is 2.23 bits per heavy atom. The van der Waals surface area contributed by atoms with Gasteiger partial charge in [-0.2, -0.15) is 5.10 Å². The molecule has 0 aliphatic carbocycles. The first kappa shape index (κ1) is 20.1. The Balaban J connectivity index is 1.67. The number of methoxy groups -OCH3 is 1. The molecule has 152 valence electrons. The van der Waals surface area contributed by atoms with Crippen LogP contribution in [-0.4, -0.2) is 33.1 Å². The largest absolute Gasteiger partial charge is 0.493 e. The monoisotopic (exact) mass is 410 g/mol. The summed E-state index contributed by atoms with van der Waals surface area (Å²) in [6.45, 7) is 0. The summed E-state index contributed by atoms with van der Waals surface area (Å²) in [5, 5.41) is 25.3. The highest BCUT2D eigenvalue weighted by Gasteiger charge is 2.10. The van der Waals surface area contributed by atoms with Gasteiger partial charge in [-0.05, 0) is 29.8 Å². The summed E-state index contributed by atoms with van der Waals surface area (Å²) < 4.78 is 10.9. The van der Waals surface area contributed by atoms with Gasteiger partial charge in [0.2, 0.25) is 5.88 Å². The molecule has 3 rings (SSSR count). The molecule has 0 amide bonds. The molecule has 3 aromatic rings. The van der Waals surface area contributed by atoms with E-state index in [1.165, 1.54) is 37.6 Å². The zero-order chi connectivity index (χ0) is 21.5. The van der Waals surface area contributed by atoms with Gasteiger partial charge in [-0.3, -0.25) is 25.7 Å². The number of nitro groups is 2. The number of nitrogens with one attached hydrogen (secondary N) is 1. The topological polar surface area (TPSA) is 155 Å². The van der Waals surface area contributed by atoms with Crippen LogP contribution in [0.4, 0.5) is 17.2 Å². The Kier molecular flexibility index (Phi) is 6.08. The number of hydrogen-bond donors (Lipinski definition) is 1. The van der Waals surface area contributed by atoms with Gasteiger partial charge in [0.1, 0.15) is 18.2 Å². The molecular formula is C18H14N6O6. The zero-order valence-electron chi connectivity index (χ0n) is 15.5. The van der Waals surface area contributed by atoms with E-state index in [1.807, 2.05) is 0 Å². The third-order valence-electron chi connectivity index (χ3n) is 3.69. The first-order valence-electron chi connectivity index (χ1n) is 8.32. The third-order valence-corrected chi connectivity index (χ3v) is 3.69. The van der Waals surface area contributed by atoms with E-state index in [0.29, 0.717) is 22.9 Å². The van der Waals surface area contributed by atoms with Crippen LogP contribution in [-0.2, 0) is 0 Å². The first-order valence-corrected chi connectivity index (χ1v) is 8.32. The van der Waals surface area contributed by atoms with Crippen LogP contribution in [0.1, 0.15) is 5.56 Å². The molecule has 0 aliphatic heterocycles. The number of rotatable bonds is 8. The summed E-state index contributed by atoms with van der Waals surface area (Å²) in [6.07, 6.45) is 3.72. The van der Waals surface area contributed by atoms with Crippen LogP contribution in [0.15, 0.2) is 60.0 Å². The smallest absolute Gasteiger partial charge is 0.287 e. The molecule has 1 aromatic carbocycles. The molecule has 0 fully saturated rings. The fraction of sp³-hybridized carbons (Fsp3) is 0.0556. The van der Waals surface area contributed by atoms with Crippen molar-refractivity contribution in [3.8, 4) is 17.4 Å². The molecule has 0 bridgehead atoms. The van der Waals surface area contributed by atoms with E-state index in [9.17, 15) is 20.2 Å². The molecule has 0 radical (unpaired) electrons. The van der Waals surface area contributed by atoms with Crippen LogP contribution in [0.2, 0.25) is 0 Å². The molecule has 12 heteroatoms. The standard InChI is InChI=1S/C18H14N6O6/c1-29-16-8-12(9-21-22-17-6-3-13(10-19-17)23(25)26)2-5-15(16)30-18-7-4-14(11-20-18)24(27)28/h2-11H,1H3,(H,19,22)/b21-9+. The molecule has 0 atom stereocenters. The van der Waals surface area contributed by atoms with E-state index < -0.39 is 9.85 Å². The highest BCUT2D eigenvalue weighted by Crippen LogP contribution is 2.31. The first-order chi connectivity index (χ1) is 14.5. The number of hydrazone groups is 1. The molecule has 0 saturated carbocycles. The van der Waals surface area contributed by atoms with Crippen LogP contribution < -0.4 is 14.9 Å². The lowest BCUT2D eigenvalue weighted by Gasteiger charge is -2.10. The van der Waals surface area contributed by atoms with Gasteiger partial charge in [-0.25, -0.2) is 9.97 Å². The predicted molar refractivity (Wildman–Crippen MR) is 106 cm³/mol. The fourth-order valence-corrected chi connectivity index (χ4v) is 2.24. The summed E-state index contributed by atoms with van der Waals surface area (Å²) in [5.41, 5.74) is 3.07. The van der Waals surface area contributed by atoms with Gasteiger partial charge < -0.3 is 9.47 Å². The second-order valence-corrected chi connectivity index (χ2v) is 5.65. The van der Waals surface area contributed by atoms with E-state index in [0.717, 1.165) is 12.4 Å². The van der Waals surface area contributed by atoms with Crippen molar-refractivity contribution in [1.29, 1.82) is 0 Å². The second kappa shape index (κ2) is 9.05. The number of nitrogens with zero attached hydrogens (tertiary/aromatic N) is 5. The maximum Gasteiger partial charge on any atom is 0.287 e. The van der Waals surface area contributed by atoms with Crippen molar-refractivity contribution < 1.29 is 19.3 Å². The Morgan fingerprint density at radius 1 is 0.967 bits per heavy atom. The van der Waals surface area contributed by atoms with E-state index in [1.54, 1.807) is 18.2 Å². The van der Waals surface area contributed by atoms with E-state index in [2.05, 4.69) is 20.5 Å². The lowest BCUT2D eigenvalue weighted by molar-refractivity contribution is -0.385. The van der Waals surface area contributed by atoms with Gasteiger partial charge in [0, 0.05) is 18.2 Å². The molecule has 0 saturated heterocycles. The van der Waals surface area contributed by atoms with E-state index >= 15 is 0 Å². The van der Waals surface area contributed by atoms with Gasteiger partial charge in [0.25, 0.3) is 11.4 Å². The molecule has 30 heavy (non-hydrogen) atoms. The average molecular weight is 410 g/mol. The van der Waals surface area contributed by atoms with Crippen molar-refractivity contribution in [3.05, 3.63) is 80.7 Å². The SMILES string of the molecule is COc1cc(/C=N/Nc2ccc([N+](=O)[O-])cn2)ccc1Oc1ccc([N+](=O)[O-])cn1. The van der Waals surface area contributed by atoms with Crippen molar-refractivity contribution >= 4 is 23.4 Å². The van der Waals surface area contributed by atoms with Crippen molar-refractivity contribution in [2.24, 2.45) is 5.10 Å². The summed E-state index contributed by atoms with van der Waals surface area (Å²) in [5.74, 6) is 1.27. The van der Waals surface area contributed by atoms with Crippen LogP contribution in [0.5, 0.6) is 17.4 Å². The number of anilines is 1. The minimum Gasteiger partial charge on any atom is -0.493 e. The van der Waals surface area contributed by atoms with Crippen molar-refractivity contribution in [1.82, 2.24) is 9.97 Å². The summed E-state index contributed by atoms with van der Waals surface area (Å²) in [7, 11) is 1.46. The van der Waals surface area contributed by atoms with Gasteiger partial charge >= 0.3 is 0 Å². The Labute approximate surface area is 169 Å². The summed E-state index contributed by atoms with van der Waals surface area (Å²) in [6, 6.07) is 10.4. The molecule has 12 nitrogen and oxygen atoms in total. The van der Waals surface area contributed by atoms with Crippen LogP contribution in [0.25, 0.3) is 0 Å². The van der Waals surface area contributed by atoms with Gasteiger partial charge in [0.05, 0.1) is 23.2 Å². The number of pyridine rings is 2. The average Bonchev–Trinajstić information content (AvgIpc) is 2.75. The normalized spacial score (nSPS) is 10.6. The molecule has 2 aromatic heterocycles. The summed E-state index contributed by atoms with van der Waals surface area (Å²) in [4.78, 5) is 28.0. The van der Waals surface area contributed by atoms with Gasteiger partial charge in [-0.1, -0.05) is 0 Å². The summed E-state index contributed by atoms with van der Waals surface area (Å²) >= 11 is 0. The van der Waals surface area contributed by atoms with Crippen molar-refractivity contribution in [2.75, 3.05) is 12.5 Å².